The molecular formula is C15H17N5O. The monoisotopic (exact) mass is 283 g/mol. The molecule has 2 N–H and O–H groups in total. The molecule has 0 saturated heterocycles. The van der Waals surface area contributed by atoms with E-state index in [1.807, 2.05) is 30.1 Å². The van der Waals surface area contributed by atoms with E-state index in [1.54, 1.807) is 6.20 Å². The smallest absolute Gasteiger partial charge is 0.244 e. The first kappa shape index (κ1) is 13.4. The van der Waals surface area contributed by atoms with Crippen LogP contribution in [0.5, 0.6) is 0 Å². The summed E-state index contributed by atoms with van der Waals surface area (Å²) in [5.41, 5.74) is 1.93. The van der Waals surface area contributed by atoms with Crippen molar-refractivity contribution in [3.63, 3.8) is 0 Å². The molecule has 0 aliphatic carbocycles. The summed E-state index contributed by atoms with van der Waals surface area (Å²) >= 11 is 0. The van der Waals surface area contributed by atoms with Crippen molar-refractivity contribution < 1.29 is 4.79 Å². The molecule has 108 valence electrons. The van der Waals surface area contributed by atoms with Crippen LogP contribution in [0.4, 0.5) is 17.5 Å². The number of rotatable bonds is 4. The molecule has 1 amide bonds. The van der Waals surface area contributed by atoms with Gasteiger partial charge in [-0.05, 0) is 12.0 Å². The van der Waals surface area contributed by atoms with Crippen LogP contribution >= 0.6 is 0 Å². The molecule has 6 heteroatoms. The summed E-state index contributed by atoms with van der Waals surface area (Å²) < 4.78 is 0. The van der Waals surface area contributed by atoms with Crippen LogP contribution < -0.4 is 15.5 Å². The number of benzene rings is 1. The van der Waals surface area contributed by atoms with E-state index in [4.69, 9.17) is 0 Å². The molecule has 1 aliphatic heterocycles. The largest absolute Gasteiger partial charge is 0.354 e. The normalized spacial score (nSPS) is 13.6. The summed E-state index contributed by atoms with van der Waals surface area (Å²) in [5.74, 6) is 1.28. The van der Waals surface area contributed by atoms with E-state index < -0.39 is 0 Å². The Balaban J connectivity index is 1.64. The Morgan fingerprint density at radius 2 is 2.14 bits per heavy atom. The van der Waals surface area contributed by atoms with Crippen LogP contribution in [0.15, 0.2) is 36.5 Å². The van der Waals surface area contributed by atoms with Gasteiger partial charge in [0.25, 0.3) is 0 Å². The Kier molecular flexibility index (Phi) is 3.68. The number of carbonyl (C=O) groups is 1. The molecule has 0 bridgehead atoms. The summed E-state index contributed by atoms with van der Waals surface area (Å²) in [5, 5.41) is 5.98. The molecule has 21 heavy (non-hydrogen) atoms. The Morgan fingerprint density at radius 3 is 2.95 bits per heavy atom. The van der Waals surface area contributed by atoms with Crippen LogP contribution in [0.2, 0.25) is 0 Å². The average Bonchev–Trinajstić information content (AvgIpc) is 2.49. The van der Waals surface area contributed by atoms with E-state index in [9.17, 15) is 4.79 Å². The van der Waals surface area contributed by atoms with Crippen LogP contribution in [-0.4, -0.2) is 36.0 Å². The number of fused-ring (bicyclic) bond motifs is 1. The van der Waals surface area contributed by atoms with Gasteiger partial charge in [-0.1, -0.05) is 30.3 Å². The first-order valence-electron chi connectivity index (χ1n) is 6.88. The number of carbonyl (C=O) groups excluding carboxylic acids is 1. The molecule has 0 radical (unpaired) electrons. The number of hydrogen-bond acceptors (Lipinski definition) is 5. The highest BCUT2D eigenvalue weighted by Crippen LogP contribution is 2.25. The van der Waals surface area contributed by atoms with Gasteiger partial charge in [0, 0.05) is 13.6 Å². The average molecular weight is 283 g/mol. The molecule has 0 spiro atoms. The number of aromatic nitrogens is 2. The second-order valence-corrected chi connectivity index (χ2v) is 5.00. The zero-order chi connectivity index (χ0) is 14.7. The maximum atomic E-state index is 11.4. The summed E-state index contributed by atoms with van der Waals surface area (Å²) in [6.07, 6.45) is 2.55. The van der Waals surface area contributed by atoms with Gasteiger partial charge in [0.05, 0.1) is 12.7 Å². The lowest BCUT2D eigenvalue weighted by Crippen LogP contribution is -2.36. The Hall–Kier alpha value is -2.63. The van der Waals surface area contributed by atoms with Crippen LogP contribution in [0.1, 0.15) is 5.56 Å². The molecule has 2 heterocycles. The number of nitrogens with one attached hydrogen (secondary N) is 2. The van der Waals surface area contributed by atoms with Gasteiger partial charge >= 0.3 is 0 Å². The zero-order valence-electron chi connectivity index (χ0n) is 11.8. The van der Waals surface area contributed by atoms with E-state index >= 15 is 0 Å². The van der Waals surface area contributed by atoms with Crippen LogP contribution in [-0.2, 0) is 11.2 Å². The molecule has 0 fully saturated rings. The van der Waals surface area contributed by atoms with Gasteiger partial charge in [-0.2, -0.15) is 4.98 Å². The summed E-state index contributed by atoms with van der Waals surface area (Å²) in [6, 6.07) is 10.3. The highest BCUT2D eigenvalue weighted by molar-refractivity contribution is 5.99. The predicted molar refractivity (Wildman–Crippen MR) is 82.6 cm³/mol. The van der Waals surface area contributed by atoms with Gasteiger partial charge in [-0.15, -0.1) is 0 Å². The van der Waals surface area contributed by atoms with Crippen LogP contribution in [0.25, 0.3) is 0 Å². The van der Waals surface area contributed by atoms with Gasteiger partial charge in [0.2, 0.25) is 11.9 Å². The fraction of sp³-hybridized carbons (Fsp3) is 0.267. The lowest BCUT2D eigenvalue weighted by atomic mass is 10.1. The maximum Gasteiger partial charge on any atom is 0.244 e. The van der Waals surface area contributed by atoms with E-state index in [2.05, 4.69) is 32.7 Å². The minimum absolute atomic E-state index is 0.0432. The predicted octanol–water partition coefficient (Wildman–Crippen LogP) is 1.52. The molecule has 1 aromatic heterocycles. The molecule has 6 nitrogen and oxygen atoms in total. The molecule has 0 atom stereocenters. The van der Waals surface area contributed by atoms with E-state index in [-0.39, 0.29) is 5.91 Å². The second kappa shape index (κ2) is 5.78. The van der Waals surface area contributed by atoms with Crippen LogP contribution in [0.3, 0.4) is 0 Å². The Bertz CT molecular complexity index is 644. The molecule has 0 saturated carbocycles. The standard InChI is InChI=1S/C15H17N5O/c1-20-10-13(21)18-12-9-17-15(19-14(12)20)16-8-7-11-5-3-2-4-6-11/h2-6,9H,7-8,10H2,1H3,(H,18,21)(H,16,17,19). The van der Waals surface area contributed by atoms with E-state index in [0.29, 0.717) is 18.2 Å². The Labute approximate surface area is 123 Å². The van der Waals surface area contributed by atoms with Crippen LogP contribution in [0, 0.1) is 0 Å². The minimum Gasteiger partial charge on any atom is -0.354 e. The fourth-order valence-corrected chi connectivity index (χ4v) is 2.28. The van der Waals surface area contributed by atoms with Crippen molar-refractivity contribution in [3.8, 4) is 0 Å². The first-order chi connectivity index (χ1) is 10.2. The van der Waals surface area contributed by atoms with Crippen molar-refractivity contribution in [1.29, 1.82) is 0 Å². The minimum atomic E-state index is -0.0432. The van der Waals surface area contributed by atoms with Gasteiger partial charge in [0.1, 0.15) is 5.69 Å². The van der Waals surface area contributed by atoms with Gasteiger partial charge in [-0.25, -0.2) is 4.98 Å². The van der Waals surface area contributed by atoms with Gasteiger partial charge < -0.3 is 15.5 Å². The highest BCUT2D eigenvalue weighted by Gasteiger charge is 2.21. The maximum absolute atomic E-state index is 11.4. The number of hydrogen-bond donors (Lipinski definition) is 2. The third-order valence-electron chi connectivity index (χ3n) is 3.32. The topological polar surface area (TPSA) is 70.2 Å². The number of anilines is 3. The van der Waals surface area contributed by atoms with Crippen molar-refractivity contribution >= 4 is 23.4 Å². The lowest BCUT2D eigenvalue weighted by Gasteiger charge is -2.25. The second-order valence-electron chi connectivity index (χ2n) is 5.00. The van der Waals surface area contributed by atoms with E-state index in [0.717, 1.165) is 18.8 Å². The van der Waals surface area contributed by atoms with Crippen molar-refractivity contribution in [2.45, 2.75) is 6.42 Å². The molecule has 2 aromatic rings. The molecular weight excluding hydrogens is 266 g/mol. The first-order valence-corrected chi connectivity index (χ1v) is 6.88. The summed E-state index contributed by atoms with van der Waals surface area (Å²) in [4.78, 5) is 21.9. The third kappa shape index (κ3) is 3.10. The highest BCUT2D eigenvalue weighted by atomic mass is 16.2. The lowest BCUT2D eigenvalue weighted by molar-refractivity contribution is -0.115. The zero-order valence-corrected chi connectivity index (χ0v) is 11.8. The van der Waals surface area contributed by atoms with E-state index in [1.165, 1.54) is 5.56 Å². The molecule has 3 rings (SSSR count). The molecule has 0 unspecified atom stereocenters. The SMILES string of the molecule is CN1CC(=O)Nc2cnc(NCCc3ccccc3)nc21. The quantitative estimate of drug-likeness (QED) is 0.890. The fourth-order valence-electron chi connectivity index (χ4n) is 2.28. The molecule has 1 aromatic carbocycles. The number of amides is 1. The number of nitrogens with zero attached hydrogens (tertiary/aromatic N) is 3. The van der Waals surface area contributed by atoms with Gasteiger partial charge in [0.15, 0.2) is 5.82 Å². The van der Waals surface area contributed by atoms with Crippen molar-refractivity contribution in [2.75, 3.05) is 35.7 Å². The van der Waals surface area contributed by atoms with Crippen molar-refractivity contribution in [3.05, 3.63) is 42.1 Å². The van der Waals surface area contributed by atoms with Crippen molar-refractivity contribution in [2.24, 2.45) is 0 Å². The Morgan fingerprint density at radius 1 is 1.33 bits per heavy atom. The number of likely N-dealkylation sites (N-methyl/N-ethyl adjacent to an activating group) is 1. The van der Waals surface area contributed by atoms with Crippen molar-refractivity contribution in [1.82, 2.24) is 9.97 Å². The summed E-state index contributed by atoms with van der Waals surface area (Å²) in [6.45, 7) is 1.08. The van der Waals surface area contributed by atoms with Gasteiger partial charge in [-0.3, -0.25) is 4.79 Å². The summed E-state index contributed by atoms with van der Waals surface area (Å²) in [7, 11) is 1.85. The third-order valence-corrected chi connectivity index (χ3v) is 3.32. The molecule has 1 aliphatic rings.